The van der Waals surface area contributed by atoms with Gasteiger partial charge >= 0.3 is 0 Å². The first kappa shape index (κ1) is 14.1. The van der Waals surface area contributed by atoms with Crippen LogP contribution in [0.15, 0.2) is 66.9 Å². The number of hydrogen-bond acceptors (Lipinski definition) is 4. The summed E-state index contributed by atoms with van der Waals surface area (Å²) in [5.74, 6) is 0.858. The van der Waals surface area contributed by atoms with Crippen LogP contribution in [-0.2, 0) is 6.54 Å². The molecular formula is C18H17N3O. The fourth-order valence-electron chi connectivity index (χ4n) is 2.28. The molecule has 4 heteroatoms. The van der Waals surface area contributed by atoms with Crippen LogP contribution in [-0.4, -0.2) is 17.3 Å². The SMILES string of the molecule is COc1ccc(NCc2cccnn2)cc1-c1ccccc1. The average molecular weight is 291 g/mol. The van der Waals surface area contributed by atoms with Crippen LogP contribution >= 0.6 is 0 Å². The van der Waals surface area contributed by atoms with Crippen LogP contribution in [0.2, 0.25) is 0 Å². The van der Waals surface area contributed by atoms with E-state index in [1.807, 2.05) is 42.5 Å². The summed E-state index contributed by atoms with van der Waals surface area (Å²) in [5.41, 5.74) is 4.11. The van der Waals surface area contributed by atoms with Crippen LogP contribution in [0.4, 0.5) is 5.69 Å². The fraction of sp³-hybridized carbons (Fsp3) is 0.111. The Balaban J connectivity index is 1.84. The van der Waals surface area contributed by atoms with Gasteiger partial charge in [-0.05, 0) is 35.9 Å². The first-order valence-corrected chi connectivity index (χ1v) is 7.11. The molecule has 0 aliphatic heterocycles. The van der Waals surface area contributed by atoms with Gasteiger partial charge in [-0.15, -0.1) is 0 Å². The topological polar surface area (TPSA) is 47.0 Å². The van der Waals surface area contributed by atoms with Gasteiger partial charge in [0.2, 0.25) is 0 Å². The molecule has 2 aromatic carbocycles. The van der Waals surface area contributed by atoms with Crippen LogP contribution in [0, 0.1) is 0 Å². The highest BCUT2D eigenvalue weighted by Crippen LogP contribution is 2.32. The zero-order valence-electron chi connectivity index (χ0n) is 12.4. The van der Waals surface area contributed by atoms with E-state index in [2.05, 4.69) is 33.7 Å². The van der Waals surface area contributed by atoms with Crippen molar-refractivity contribution < 1.29 is 4.74 Å². The van der Waals surface area contributed by atoms with Gasteiger partial charge in [0.1, 0.15) is 5.75 Å². The Morgan fingerprint density at radius 2 is 1.86 bits per heavy atom. The third kappa shape index (κ3) is 3.23. The maximum Gasteiger partial charge on any atom is 0.126 e. The molecule has 0 amide bonds. The number of aromatic nitrogens is 2. The number of ether oxygens (including phenoxy) is 1. The molecule has 0 aliphatic rings. The Morgan fingerprint density at radius 3 is 2.59 bits per heavy atom. The van der Waals surface area contributed by atoms with Gasteiger partial charge in [0, 0.05) is 17.4 Å². The molecule has 0 radical (unpaired) electrons. The molecule has 3 rings (SSSR count). The van der Waals surface area contributed by atoms with Gasteiger partial charge in [-0.1, -0.05) is 30.3 Å². The number of anilines is 1. The summed E-state index contributed by atoms with van der Waals surface area (Å²) in [6.45, 7) is 0.633. The molecule has 0 bridgehead atoms. The second-order valence-corrected chi connectivity index (χ2v) is 4.85. The molecule has 0 fully saturated rings. The van der Waals surface area contributed by atoms with E-state index in [9.17, 15) is 0 Å². The van der Waals surface area contributed by atoms with Crippen molar-refractivity contribution in [3.8, 4) is 16.9 Å². The molecule has 0 saturated heterocycles. The van der Waals surface area contributed by atoms with E-state index < -0.39 is 0 Å². The number of nitrogens with zero attached hydrogens (tertiary/aromatic N) is 2. The molecule has 22 heavy (non-hydrogen) atoms. The molecule has 3 aromatic rings. The van der Waals surface area contributed by atoms with Gasteiger partial charge < -0.3 is 10.1 Å². The lowest BCUT2D eigenvalue weighted by Crippen LogP contribution is -2.02. The van der Waals surface area contributed by atoms with E-state index in [4.69, 9.17) is 4.74 Å². The van der Waals surface area contributed by atoms with E-state index in [0.29, 0.717) is 6.54 Å². The largest absolute Gasteiger partial charge is 0.496 e. The van der Waals surface area contributed by atoms with E-state index in [0.717, 1.165) is 28.3 Å². The molecule has 0 atom stereocenters. The molecule has 0 spiro atoms. The molecule has 1 N–H and O–H groups in total. The summed E-state index contributed by atoms with van der Waals surface area (Å²) >= 11 is 0. The summed E-state index contributed by atoms with van der Waals surface area (Å²) in [6.07, 6.45) is 1.67. The highest BCUT2D eigenvalue weighted by molar-refractivity contribution is 5.74. The Morgan fingerprint density at radius 1 is 1.00 bits per heavy atom. The molecule has 4 nitrogen and oxygen atoms in total. The lowest BCUT2D eigenvalue weighted by molar-refractivity contribution is 0.416. The first-order chi connectivity index (χ1) is 10.9. The van der Waals surface area contributed by atoms with Crippen molar-refractivity contribution in [2.45, 2.75) is 6.54 Å². The number of hydrogen-bond donors (Lipinski definition) is 1. The molecule has 1 heterocycles. The minimum absolute atomic E-state index is 0.633. The normalized spacial score (nSPS) is 10.2. The first-order valence-electron chi connectivity index (χ1n) is 7.11. The van der Waals surface area contributed by atoms with Gasteiger partial charge in [0.25, 0.3) is 0 Å². The maximum absolute atomic E-state index is 5.47. The second-order valence-electron chi connectivity index (χ2n) is 4.85. The summed E-state index contributed by atoms with van der Waals surface area (Å²) in [5, 5.41) is 11.3. The van der Waals surface area contributed by atoms with Gasteiger partial charge in [-0.2, -0.15) is 10.2 Å². The lowest BCUT2D eigenvalue weighted by atomic mass is 10.0. The summed E-state index contributed by atoms with van der Waals surface area (Å²) in [7, 11) is 1.69. The van der Waals surface area contributed by atoms with Crippen molar-refractivity contribution in [1.29, 1.82) is 0 Å². The van der Waals surface area contributed by atoms with E-state index >= 15 is 0 Å². The van der Waals surface area contributed by atoms with Crippen LogP contribution in [0.1, 0.15) is 5.69 Å². The van der Waals surface area contributed by atoms with Crippen molar-refractivity contribution >= 4 is 5.69 Å². The van der Waals surface area contributed by atoms with Crippen LogP contribution < -0.4 is 10.1 Å². The lowest BCUT2D eigenvalue weighted by Gasteiger charge is -2.12. The molecule has 1 aromatic heterocycles. The molecule has 0 saturated carbocycles. The summed E-state index contributed by atoms with van der Waals surface area (Å²) < 4.78 is 5.47. The van der Waals surface area contributed by atoms with Gasteiger partial charge in [-0.25, -0.2) is 0 Å². The van der Waals surface area contributed by atoms with Crippen LogP contribution in [0.25, 0.3) is 11.1 Å². The highest BCUT2D eigenvalue weighted by Gasteiger charge is 2.07. The van der Waals surface area contributed by atoms with E-state index in [1.165, 1.54) is 0 Å². The predicted octanol–water partition coefficient (Wildman–Crippen LogP) is 3.76. The minimum Gasteiger partial charge on any atom is -0.496 e. The number of rotatable bonds is 5. The average Bonchev–Trinajstić information content (AvgIpc) is 2.61. The Hall–Kier alpha value is -2.88. The predicted molar refractivity (Wildman–Crippen MR) is 87.8 cm³/mol. The maximum atomic E-state index is 5.47. The molecule has 0 unspecified atom stereocenters. The van der Waals surface area contributed by atoms with Crippen LogP contribution in [0.3, 0.4) is 0 Å². The molecular weight excluding hydrogens is 274 g/mol. The summed E-state index contributed by atoms with van der Waals surface area (Å²) in [6, 6.07) is 20.1. The van der Waals surface area contributed by atoms with Gasteiger partial charge in [0.05, 0.1) is 19.3 Å². The van der Waals surface area contributed by atoms with E-state index in [-0.39, 0.29) is 0 Å². The van der Waals surface area contributed by atoms with Crippen molar-refractivity contribution in [3.63, 3.8) is 0 Å². The molecule has 0 aliphatic carbocycles. The zero-order chi connectivity index (χ0) is 15.2. The third-order valence-electron chi connectivity index (χ3n) is 3.39. The van der Waals surface area contributed by atoms with E-state index in [1.54, 1.807) is 13.3 Å². The zero-order valence-corrected chi connectivity index (χ0v) is 12.4. The number of methoxy groups -OCH3 is 1. The Labute approximate surface area is 129 Å². The standard InChI is InChI=1S/C18H17N3O/c1-22-18-10-9-15(19-13-16-8-5-11-20-21-16)12-17(18)14-6-3-2-4-7-14/h2-12,19H,13H2,1H3. The van der Waals surface area contributed by atoms with Crippen molar-refractivity contribution in [2.24, 2.45) is 0 Å². The Kier molecular flexibility index (Phi) is 4.30. The van der Waals surface area contributed by atoms with Gasteiger partial charge in [0.15, 0.2) is 0 Å². The number of nitrogens with one attached hydrogen (secondary N) is 1. The van der Waals surface area contributed by atoms with Crippen LogP contribution in [0.5, 0.6) is 5.75 Å². The minimum atomic E-state index is 0.633. The van der Waals surface area contributed by atoms with Gasteiger partial charge in [-0.3, -0.25) is 0 Å². The van der Waals surface area contributed by atoms with Crippen molar-refractivity contribution in [1.82, 2.24) is 10.2 Å². The number of benzene rings is 2. The molecule has 110 valence electrons. The van der Waals surface area contributed by atoms with Crippen molar-refractivity contribution in [2.75, 3.05) is 12.4 Å². The summed E-state index contributed by atoms with van der Waals surface area (Å²) in [4.78, 5) is 0. The Bertz CT molecular complexity index is 730. The second kappa shape index (κ2) is 6.72. The van der Waals surface area contributed by atoms with Crippen molar-refractivity contribution in [3.05, 3.63) is 72.6 Å². The highest BCUT2D eigenvalue weighted by atomic mass is 16.5. The smallest absolute Gasteiger partial charge is 0.126 e. The third-order valence-corrected chi connectivity index (χ3v) is 3.39. The fourth-order valence-corrected chi connectivity index (χ4v) is 2.28. The quantitative estimate of drug-likeness (QED) is 0.777. The monoisotopic (exact) mass is 291 g/mol.